The molecule has 0 fully saturated rings. The average Bonchev–Trinajstić information content (AvgIpc) is 2.38. The van der Waals surface area contributed by atoms with E-state index in [2.05, 4.69) is 79.1 Å². The molecule has 0 bridgehead atoms. The lowest BCUT2D eigenvalue weighted by Crippen LogP contribution is -2.28. The first-order valence-corrected chi connectivity index (χ1v) is 7.94. The van der Waals surface area contributed by atoms with Crippen LogP contribution in [0.3, 0.4) is 0 Å². The summed E-state index contributed by atoms with van der Waals surface area (Å²) in [5.41, 5.74) is 2.69. The van der Waals surface area contributed by atoms with Crippen molar-refractivity contribution >= 4 is 15.9 Å². The fraction of sp³-hybridized carbons (Fsp3) is 0.625. The van der Waals surface area contributed by atoms with Crippen LogP contribution in [-0.4, -0.2) is 24.0 Å². The second-order valence-corrected chi connectivity index (χ2v) is 6.49. The van der Waals surface area contributed by atoms with E-state index in [0.29, 0.717) is 12.1 Å². The molecule has 1 atom stereocenters. The Morgan fingerprint density at radius 3 is 2.47 bits per heavy atom. The molecule has 0 aromatic heterocycles. The van der Waals surface area contributed by atoms with Gasteiger partial charge in [0.25, 0.3) is 0 Å². The molecule has 0 heterocycles. The Hall–Kier alpha value is -0.380. The van der Waals surface area contributed by atoms with Crippen molar-refractivity contribution in [2.24, 2.45) is 0 Å². The highest BCUT2D eigenvalue weighted by atomic mass is 79.9. The average molecular weight is 327 g/mol. The van der Waals surface area contributed by atoms with Gasteiger partial charge < -0.3 is 5.32 Å². The first-order chi connectivity index (χ1) is 8.93. The molecule has 0 aliphatic carbocycles. The number of benzene rings is 1. The minimum atomic E-state index is 0.523. The van der Waals surface area contributed by atoms with Crippen LogP contribution in [0.15, 0.2) is 22.7 Å². The van der Waals surface area contributed by atoms with Crippen LogP contribution in [0.1, 0.15) is 45.2 Å². The number of hydrogen-bond donors (Lipinski definition) is 1. The van der Waals surface area contributed by atoms with Crippen LogP contribution in [0.5, 0.6) is 0 Å². The van der Waals surface area contributed by atoms with Gasteiger partial charge in [-0.3, -0.25) is 4.90 Å². The molecule has 1 rings (SSSR count). The fourth-order valence-corrected chi connectivity index (χ4v) is 2.44. The quantitative estimate of drug-likeness (QED) is 0.808. The van der Waals surface area contributed by atoms with Crippen LogP contribution in [0.2, 0.25) is 0 Å². The summed E-state index contributed by atoms with van der Waals surface area (Å²) in [6.45, 7) is 10.8. The van der Waals surface area contributed by atoms with E-state index in [9.17, 15) is 0 Å². The number of nitrogens with zero attached hydrogens (tertiary/aromatic N) is 1. The number of nitrogens with one attached hydrogen (secondary N) is 1. The molecule has 0 saturated heterocycles. The van der Waals surface area contributed by atoms with Crippen LogP contribution in [-0.2, 0) is 13.1 Å². The van der Waals surface area contributed by atoms with E-state index in [0.717, 1.165) is 13.1 Å². The third kappa shape index (κ3) is 5.64. The van der Waals surface area contributed by atoms with Crippen molar-refractivity contribution in [3.63, 3.8) is 0 Å². The number of hydrogen-bond acceptors (Lipinski definition) is 2. The van der Waals surface area contributed by atoms with Gasteiger partial charge in [-0.15, -0.1) is 0 Å². The molecule has 0 spiro atoms. The summed E-state index contributed by atoms with van der Waals surface area (Å²) >= 11 is 3.70. The minimum Gasteiger partial charge on any atom is -0.310 e. The maximum Gasteiger partial charge on any atom is 0.0244 e. The molecular formula is C16H27BrN2. The zero-order chi connectivity index (χ0) is 14.4. The van der Waals surface area contributed by atoms with Crippen LogP contribution in [0, 0.1) is 0 Å². The highest BCUT2D eigenvalue weighted by Crippen LogP contribution is 2.21. The number of halogens is 1. The van der Waals surface area contributed by atoms with Gasteiger partial charge in [0.2, 0.25) is 0 Å². The molecule has 3 heteroatoms. The van der Waals surface area contributed by atoms with Gasteiger partial charge in [-0.2, -0.15) is 0 Å². The Morgan fingerprint density at radius 2 is 1.95 bits per heavy atom. The van der Waals surface area contributed by atoms with Gasteiger partial charge in [0.05, 0.1) is 0 Å². The fourth-order valence-electron chi connectivity index (χ4n) is 1.89. The molecule has 0 amide bonds. The smallest absolute Gasteiger partial charge is 0.0244 e. The van der Waals surface area contributed by atoms with E-state index >= 15 is 0 Å². The van der Waals surface area contributed by atoms with Gasteiger partial charge >= 0.3 is 0 Å². The van der Waals surface area contributed by atoms with Gasteiger partial charge in [0.1, 0.15) is 0 Å². The van der Waals surface area contributed by atoms with Gasteiger partial charge in [-0.25, -0.2) is 0 Å². The molecule has 1 N–H and O–H groups in total. The largest absolute Gasteiger partial charge is 0.310 e. The molecule has 1 aromatic carbocycles. The van der Waals surface area contributed by atoms with E-state index in [1.807, 2.05) is 0 Å². The summed E-state index contributed by atoms with van der Waals surface area (Å²) in [6, 6.07) is 7.83. The Bertz CT molecular complexity index is 390. The maximum atomic E-state index is 3.70. The Morgan fingerprint density at radius 1 is 1.26 bits per heavy atom. The predicted molar refractivity (Wildman–Crippen MR) is 87.3 cm³/mol. The molecule has 0 radical (unpaired) electrons. The van der Waals surface area contributed by atoms with Crippen LogP contribution in [0.25, 0.3) is 0 Å². The van der Waals surface area contributed by atoms with Crippen molar-refractivity contribution in [2.45, 2.75) is 59.3 Å². The summed E-state index contributed by atoms with van der Waals surface area (Å²) in [7, 11) is 2.19. The molecule has 2 nitrogen and oxygen atoms in total. The third-order valence-electron chi connectivity index (χ3n) is 3.59. The first-order valence-electron chi connectivity index (χ1n) is 7.15. The summed E-state index contributed by atoms with van der Waals surface area (Å²) in [6.07, 6.45) is 1.19. The SMILES string of the molecule is CCC(C)N(C)Cc1ccc(CNC(C)C)cc1Br. The van der Waals surface area contributed by atoms with Crippen molar-refractivity contribution in [2.75, 3.05) is 7.05 Å². The van der Waals surface area contributed by atoms with Gasteiger partial charge in [0, 0.05) is 29.6 Å². The van der Waals surface area contributed by atoms with E-state index in [1.165, 1.54) is 22.0 Å². The van der Waals surface area contributed by atoms with Crippen molar-refractivity contribution < 1.29 is 0 Å². The predicted octanol–water partition coefficient (Wildman–Crippen LogP) is 4.18. The molecule has 0 aliphatic rings. The second-order valence-electron chi connectivity index (χ2n) is 5.63. The molecule has 108 valence electrons. The van der Waals surface area contributed by atoms with Crippen LogP contribution >= 0.6 is 15.9 Å². The zero-order valence-corrected chi connectivity index (χ0v) is 14.4. The van der Waals surface area contributed by atoms with E-state index in [4.69, 9.17) is 0 Å². The Balaban J connectivity index is 2.66. The van der Waals surface area contributed by atoms with Crippen molar-refractivity contribution in [3.05, 3.63) is 33.8 Å². The van der Waals surface area contributed by atoms with Gasteiger partial charge in [-0.05, 0) is 37.6 Å². The van der Waals surface area contributed by atoms with Crippen molar-refractivity contribution in [1.82, 2.24) is 10.2 Å². The van der Waals surface area contributed by atoms with Gasteiger partial charge in [0.15, 0.2) is 0 Å². The lowest BCUT2D eigenvalue weighted by molar-refractivity contribution is 0.243. The maximum absolute atomic E-state index is 3.70. The highest BCUT2D eigenvalue weighted by Gasteiger charge is 2.09. The lowest BCUT2D eigenvalue weighted by Gasteiger charge is -2.24. The van der Waals surface area contributed by atoms with E-state index in [-0.39, 0.29) is 0 Å². The van der Waals surface area contributed by atoms with Crippen LogP contribution in [0.4, 0.5) is 0 Å². The van der Waals surface area contributed by atoms with E-state index in [1.54, 1.807) is 0 Å². The summed E-state index contributed by atoms with van der Waals surface area (Å²) in [5.74, 6) is 0. The minimum absolute atomic E-state index is 0.523. The van der Waals surface area contributed by atoms with Gasteiger partial charge in [-0.1, -0.05) is 48.8 Å². The summed E-state index contributed by atoms with van der Waals surface area (Å²) in [4.78, 5) is 2.39. The topological polar surface area (TPSA) is 15.3 Å². The Labute approximate surface area is 126 Å². The third-order valence-corrected chi connectivity index (χ3v) is 4.33. The molecule has 0 aliphatic heterocycles. The summed E-state index contributed by atoms with van der Waals surface area (Å²) < 4.78 is 1.21. The van der Waals surface area contributed by atoms with E-state index < -0.39 is 0 Å². The van der Waals surface area contributed by atoms with Crippen molar-refractivity contribution in [1.29, 1.82) is 0 Å². The lowest BCUT2D eigenvalue weighted by atomic mass is 10.1. The highest BCUT2D eigenvalue weighted by molar-refractivity contribution is 9.10. The van der Waals surface area contributed by atoms with Crippen molar-refractivity contribution in [3.8, 4) is 0 Å². The molecule has 1 unspecified atom stereocenters. The molecule has 0 saturated carbocycles. The Kier molecular flexibility index (Phi) is 7.05. The normalized spacial score (nSPS) is 13.3. The molecule has 19 heavy (non-hydrogen) atoms. The summed E-state index contributed by atoms with van der Waals surface area (Å²) in [5, 5.41) is 3.45. The monoisotopic (exact) mass is 326 g/mol. The first kappa shape index (κ1) is 16.7. The van der Waals surface area contributed by atoms with Crippen LogP contribution < -0.4 is 5.32 Å². The number of rotatable bonds is 7. The second kappa shape index (κ2) is 8.03. The zero-order valence-electron chi connectivity index (χ0n) is 12.8. The standard InChI is InChI=1S/C16H27BrN2/c1-6-13(4)19(5)11-15-8-7-14(9-16(15)17)10-18-12(2)3/h7-9,12-13,18H,6,10-11H2,1-5H3. The molecule has 1 aromatic rings. The molecular weight excluding hydrogens is 300 g/mol.